The second-order valence-corrected chi connectivity index (χ2v) is 4.61. The molecular weight excluding hydrogens is 244 g/mol. The van der Waals surface area contributed by atoms with Gasteiger partial charge in [0, 0.05) is 6.92 Å². The van der Waals surface area contributed by atoms with Gasteiger partial charge in [0.05, 0.1) is 11.3 Å². The van der Waals surface area contributed by atoms with E-state index in [0.29, 0.717) is 17.1 Å². The van der Waals surface area contributed by atoms with E-state index in [0.717, 1.165) is 0 Å². The molecule has 0 aliphatic rings. The van der Waals surface area contributed by atoms with Crippen molar-refractivity contribution in [3.8, 4) is 11.5 Å². The third-order valence-corrected chi connectivity index (χ3v) is 2.44. The van der Waals surface area contributed by atoms with Crippen molar-refractivity contribution >= 4 is 15.9 Å². The molecule has 0 amide bonds. The highest BCUT2D eigenvalue weighted by Crippen LogP contribution is 2.26. The van der Waals surface area contributed by atoms with Gasteiger partial charge in [-0.05, 0) is 12.1 Å². The maximum absolute atomic E-state index is 11.0. The second-order valence-electron chi connectivity index (χ2n) is 3.32. The summed E-state index contributed by atoms with van der Waals surface area (Å²) in [6.07, 6.45) is 0. The van der Waals surface area contributed by atoms with Crippen LogP contribution in [0.5, 0.6) is 0 Å². The van der Waals surface area contributed by atoms with Gasteiger partial charge >= 0.3 is 0 Å². The zero-order valence-electron chi connectivity index (χ0n) is 8.91. The molecule has 1 heterocycles. The van der Waals surface area contributed by atoms with E-state index >= 15 is 0 Å². The molecule has 0 bridgehead atoms. The lowest BCUT2D eigenvalue weighted by Gasteiger charge is -2.06. The molecule has 7 nitrogen and oxygen atoms in total. The summed E-state index contributed by atoms with van der Waals surface area (Å²) in [5.41, 5.74) is 0.765. The molecule has 0 spiro atoms. The molecule has 1 aromatic heterocycles. The highest BCUT2D eigenvalue weighted by molar-refractivity contribution is 7.90. The minimum Gasteiger partial charge on any atom is -0.421 e. The van der Waals surface area contributed by atoms with E-state index in [-0.39, 0.29) is 5.89 Å². The molecule has 0 fully saturated rings. The first-order valence-corrected chi connectivity index (χ1v) is 6.20. The molecule has 0 saturated carbocycles. The molecule has 0 saturated heterocycles. The summed E-state index contributed by atoms with van der Waals surface area (Å²) in [6.45, 7) is 1.65. The lowest BCUT2D eigenvalue weighted by molar-refractivity contribution is 0.533. The van der Waals surface area contributed by atoms with Crippen LogP contribution in [-0.4, -0.2) is 18.6 Å². The van der Waals surface area contributed by atoms with Crippen molar-refractivity contribution in [2.24, 2.45) is 5.14 Å². The summed E-state index contributed by atoms with van der Waals surface area (Å²) in [7, 11) is -3.84. The Bertz CT molecular complexity index is 635. The van der Waals surface area contributed by atoms with Crippen molar-refractivity contribution in [3.05, 3.63) is 30.2 Å². The van der Waals surface area contributed by atoms with Gasteiger partial charge in [0.2, 0.25) is 11.8 Å². The Morgan fingerprint density at radius 3 is 2.59 bits per heavy atom. The fraction of sp³-hybridized carbons (Fsp3) is 0.111. The van der Waals surface area contributed by atoms with Crippen molar-refractivity contribution in [1.29, 1.82) is 0 Å². The van der Waals surface area contributed by atoms with Crippen LogP contribution in [0, 0.1) is 6.92 Å². The fourth-order valence-corrected chi connectivity index (χ4v) is 1.80. The molecule has 8 heteroatoms. The van der Waals surface area contributed by atoms with Crippen LogP contribution in [0.1, 0.15) is 5.89 Å². The van der Waals surface area contributed by atoms with Crippen LogP contribution in [-0.2, 0) is 10.2 Å². The van der Waals surface area contributed by atoms with Crippen LogP contribution in [0.15, 0.2) is 28.7 Å². The van der Waals surface area contributed by atoms with Crippen molar-refractivity contribution in [2.75, 3.05) is 4.72 Å². The number of hydrogen-bond acceptors (Lipinski definition) is 5. The number of rotatable bonds is 3. The van der Waals surface area contributed by atoms with Gasteiger partial charge in [-0.25, -0.2) is 5.14 Å². The summed E-state index contributed by atoms with van der Waals surface area (Å²) in [5.74, 6) is 0.625. The first kappa shape index (κ1) is 11.6. The van der Waals surface area contributed by atoms with E-state index in [1.807, 2.05) is 0 Å². The van der Waals surface area contributed by atoms with Crippen LogP contribution in [0.3, 0.4) is 0 Å². The largest absolute Gasteiger partial charge is 0.421 e. The first-order chi connectivity index (χ1) is 7.96. The topological polar surface area (TPSA) is 111 Å². The van der Waals surface area contributed by atoms with E-state index in [2.05, 4.69) is 14.9 Å². The summed E-state index contributed by atoms with van der Waals surface area (Å²) < 4.78 is 29.4. The van der Waals surface area contributed by atoms with E-state index in [9.17, 15) is 8.42 Å². The number of aryl methyl sites for hydroxylation is 1. The van der Waals surface area contributed by atoms with Crippen molar-refractivity contribution in [3.63, 3.8) is 0 Å². The number of nitrogens with two attached hydrogens (primary N) is 1. The monoisotopic (exact) mass is 254 g/mol. The third-order valence-electron chi connectivity index (χ3n) is 1.94. The van der Waals surface area contributed by atoms with E-state index < -0.39 is 10.2 Å². The predicted octanol–water partition coefficient (Wildman–Crippen LogP) is 0.660. The standard InChI is InChI=1S/C9H10N4O3S/c1-6-11-12-9(16-6)7-4-2-3-5-8(7)13-17(10,14)15/h2-5,13H,1H3,(H2,10,14,15). The minimum absolute atomic E-state index is 0.231. The second kappa shape index (κ2) is 4.15. The quantitative estimate of drug-likeness (QED) is 0.835. The molecule has 0 atom stereocenters. The van der Waals surface area contributed by atoms with Gasteiger partial charge in [0.1, 0.15) is 0 Å². The number of para-hydroxylation sites is 1. The fourth-order valence-electron chi connectivity index (χ4n) is 1.32. The number of hydrogen-bond donors (Lipinski definition) is 2. The molecular formula is C9H10N4O3S. The molecule has 1 aromatic carbocycles. The maximum atomic E-state index is 11.0. The van der Waals surface area contributed by atoms with Gasteiger partial charge < -0.3 is 4.42 Å². The predicted molar refractivity (Wildman–Crippen MR) is 61.2 cm³/mol. The Balaban J connectivity index is 2.48. The molecule has 3 N–H and O–H groups in total. The maximum Gasteiger partial charge on any atom is 0.296 e. The summed E-state index contributed by atoms with van der Waals surface area (Å²) in [4.78, 5) is 0. The summed E-state index contributed by atoms with van der Waals surface area (Å²) >= 11 is 0. The minimum atomic E-state index is -3.84. The van der Waals surface area contributed by atoms with E-state index in [4.69, 9.17) is 9.56 Å². The number of anilines is 1. The number of benzene rings is 1. The van der Waals surface area contributed by atoms with Gasteiger partial charge in [-0.3, -0.25) is 4.72 Å². The molecule has 90 valence electrons. The molecule has 0 radical (unpaired) electrons. The number of nitrogens with zero attached hydrogens (tertiary/aromatic N) is 2. The Kier molecular flexibility index (Phi) is 2.82. The Hall–Kier alpha value is -1.93. The molecule has 0 aliphatic carbocycles. The van der Waals surface area contributed by atoms with Crippen molar-refractivity contribution in [2.45, 2.75) is 6.92 Å². The zero-order valence-corrected chi connectivity index (χ0v) is 9.73. The number of nitrogens with one attached hydrogen (secondary N) is 1. The molecule has 0 unspecified atom stereocenters. The SMILES string of the molecule is Cc1nnc(-c2ccccc2NS(N)(=O)=O)o1. The van der Waals surface area contributed by atoms with Crippen LogP contribution < -0.4 is 9.86 Å². The summed E-state index contributed by atoms with van der Waals surface area (Å²) in [5, 5.41) is 12.4. The average Bonchev–Trinajstić information content (AvgIpc) is 2.63. The highest BCUT2D eigenvalue weighted by Gasteiger charge is 2.13. The first-order valence-electron chi connectivity index (χ1n) is 4.66. The zero-order chi connectivity index (χ0) is 12.5. The lowest BCUT2D eigenvalue weighted by Crippen LogP contribution is -2.22. The molecule has 17 heavy (non-hydrogen) atoms. The van der Waals surface area contributed by atoms with Gasteiger partial charge in [-0.1, -0.05) is 12.1 Å². The average molecular weight is 254 g/mol. The lowest BCUT2D eigenvalue weighted by atomic mass is 10.2. The van der Waals surface area contributed by atoms with Crippen LogP contribution in [0.4, 0.5) is 5.69 Å². The van der Waals surface area contributed by atoms with Crippen LogP contribution in [0.25, 0.3) is 11.5 Å². The Labute approximate surface area is 97.8 Å². The van der Waals surface area contributed by atoms with Crippen LogP contribution in [0.2, 0.25) is 0 Å². The third kappa shape index (κ3) is 2.80. The van der Waals surface area contributed by atoms with Crippen molar-refractivity contribution in [1.82, 2.24) is 10.2 Å². The summed E-state index contributed by atoms with van der Waals surface area (Å²) in [6, 6.07) is 6.60. The van der Waals surface area contributed by atoms with E-state index in [1.165, 1.54) is 0 Å². The van der Waals surface area contributed by atoms with Crippen LogP contribution >= 0.6 is 0 Å². The molecule has 0 aliphatic heterocycles. The molecule has 2 aromatic rings. The van der Waals surface area contributed by atoms with Gasteiger partial charge in [-0.15, -0.1) is 10.2 Å². The highest BCUT2D eigenvalue weighted by atomic mass is 32.2. The van der Waals surface area contributed by atoms with Crippen molar-refractivity contribution < 1.29 is 12.8 Å². The number of aromatic nitrogens is 2. The smallest absolute Gasteiger partial charge is 0.296 e. The van der Waals surface area contributed by atoms with E-state index in [1.54, 1.807) is 31.2 Å². The Morgan fingerprint density at radius 1 is 1.29 bits per heavy atom. The normalized spacial score (nSPS) is 11.4. The molecule has 2 rings (SSSR count). The van der Waals surface area contributed by atoms with Gasteiger partial charge in [0.25, 0.3) is 10.2 Å². The van der Waals surface area contributed by atoms with Gasteiger partial charge in [-0.2, -0.15) is 8.42 Å². The van der Waals surface area contributed by atoms with Gasteiger partial charge in [0.15, 0.2) is 0 Å². The Morgan fingerprint density at radius 2 is 2.00 bits per heavy atom.